The van der Waals surface area contributed by atoms with Crippen LogP contribution in [0.15, 0.2) is 6.33 Å². The smallest absolute Gasteiger partial charge is 0.143 e. The molecule has 1 aliphatic rings. The Bertz CT molecular complexity index is 310. The lowest BCUT2D eigenvalue weighted by Crippen LogP contribution is -2.07. The highest BCUT2D eigenvalue weighted by Gasteiger charge is 2.21. The zero-order valence-electron chi connectivity index (χ0n) is 7.55. The Kier molecular flexibility index (Phi) is 2.66. The van der Waals surface area contributed by atoms with Crippen molar-refractivity contribution < 1.29 is 0 Å². The van der Waals surface area contributed by atoms with E-state index in [0.717, 1.165) is 27.5 Å². The molecule has 3 nitrogen and oxygen atoms in total. The first-order valence-electron chi connectivity index (χ1n) is 4.48. The number of anilines is 1. The van der Waals surface area contributed by atoms with Gasteiger partial charge in [0.15, 0.2) is 0 Å². The normalized spacial score (nSPS) is 15.8. The molecule has 0 bridgehead atoms. The monoisotopic (exact) mass is 289 g/mol. The van der Waals surface area contributed by atoms with Crippen LogP contribution in [0.4, 0.5) is 5.82 Å². The molecule has 0 radical (unpaired) electrons. The Morgan fingerprint density at radius 2 is 2.31 bits per heavy atom. The molecule has 70 valence electrons. The van der Waals surface area contributed by atoms with Gasteiger partial charge in [-0.2, -0.15) is 0 Å². The van der Waals surface area contributed by atoms with E-state index < -0.39 is 0 Å². The summed E-state index contributed by atoms with van der Waals surface area (Å²) in [5.41, 5.74) is 1.05. The van der Waals surface area contributed by atoms with E-state index in [2.05, 4.69) is 37.9 Å². The molecule has 1 N–H and O–H groups in total. The van der Waals surface area contributed by atoms with Crippen LogP contribution in [0.1, 0.15) is 18.5 Å². The van der Waals surface area contributed by atoms with E-state index in [1.165, 1.54) is 12.8 Å². The summed E-state index contributed by atoms with van der Waals surface area (Å²) >= 11 is 2.28. The zero-order valence-corrected chi connectivity index (χ0v) is 9.71. The van der Waals surface area contributed by atoms with Crippen molar-refractivity contribution >= 4 is 28.4 Å². The second-order valence-corrected chi connectivity index (χ2v) is 4.52. The molecule has 1 aliphatic carbocycles. The standard InChI is InChI=1S/C9H12IN3/c1-6-8(10)9(13-5-12-6)11-4-7-2-3-7/h5,7H,2-4H2,1H3,(H,11,12,13). The van der Waals surface area contributed by atoms with Gasteiger partial charge in [-0.05, 0) is 48.3 Å². The van der Waals surface area contributed by atoms with E-state index in [4.69, 9.17) is 0 Å². The van der Waals surface area contributed by atoms with Crippen LogP contribution < -0.4 is 5.32 Å². The molecule has 0 amide bonds. The Morgan fingerprint density at radius 3 is 3.00 bits per heavy atom. The highest BCUT2D eigenvalue weighted by molar-refractivity contribution is 14.1. The number of nitrogens with one attached hydrogen (secondary N) is 1. The molecule has 4 heteroatoms. The van der Waals surface area contributed by atoms with Gasteiger partial charge < -0.3 is 5.32 Å². The lowest BCUT2D eigenvalue weighted by Gasteiger charge is -2.07. The topological polar surface area (TPSA) is 37.8 Å². The Balaban J connectivity index is 2.05. The molecule has 1 heterocycles. The van der Waals surface area contributed by atoms with Crippen LogP contribution in [0, 0.1) is 16.4 Å². The number of halogens is 1. The predicted octanol–water partition coefficient (Wildman–Crippen LogP) is 2.21. The first kappa shape index (κ1) is 9.18. The van der Waals surface area contributed by atoms with Gasteiger partial charge in [-0.3, -0.25) is 0 Å². The van der Waals surface area contributed by atoms with E-state index in [9.17, 15) is 0 Å². The Morgan fingerprint density at radius 1 is 1.54 bits per heavy atom. The maximum atomic E-state index is 4.21. The van der Waals surface area contributed by atoms with Crippen molar-refractivity contribution in [2.24, 2.45) is 5.92 Å². The molecule has 0 unspecified atom stereocenters. The quantitative estimate of drug-likeness (QED) is 0.867. The fraction of sp³-hybridized carbons (Fsp3) is 0.556. The van der Waals surface area contributed by atoms with Gasteiger partial charge >= 0.3 is 0 Å². The van der Waals surface area contributed by atoms with Gasteiger partial charge in [-0.1, -0.05) is 0 Å². The summed E-state index contributed by atoms with van der Waals surface area (Å²) in [7, 11) is 0. The van der Waals surface area contributed by atoms with Crippen molar-refractivity contribution in [3.63, 3.8) is 0 Å². The van der Waals surface area contributed by atoms with Crippen molar-refractivity contribution in [1.82, 2.24) is 9.97 Å². The Labute approximate surface area is 91.5 Å². The number of nitrogens with zero attached hydrogens (tertiary/aromatic N) is 2. The highest BCUT2D eigenvalue weighted by Crippen LogP contribution is 2.29. The first-order valence-corrected chi connectivity index (χ1v) is 5.56. The van der Waals surface area contributed by atoms with Crippen molar-refractivity contribution in [3.05, 3.63) is 15.6 Å². The molecular formula is C9H12IN3. The fourth-order valence-electron chi connectivity index (χ4n) is 1.14. The molecule has 1 aromatic heterocycles. The minimum atomic E-state index is 0.881. The van der Waals surface area contributed by atoms with E-state index in [-0.39, 0.29) is 0 Å². The molecule has 13 heavy (non-hydrogen) atoms. The maximum Gasteiger partial charge on any atom is 0.143 e. The van der Waals surface area contributed by atoms with Crippen molar-refractivity contribution in [2.45, 2.75) is 19.8 Å². The summed E-state index contributed by atoms with van der Waals surface area (Å²) in [6.07, 6.45) is 4.36. The number of hydrogen-bond acceptors (Lipinski definition) is 3. The van der Waals surface area contributed by atoms with Gasteiger partial charge in [-0.15, -0.1) is 0 Å². The molecule has 0 saturated heterocycles. The summed E-state index contributed by atoms with van der Waals surface area (Å²) in [5, 5.41) is 3.36. The highest BCUT2D eigenvalue weighted by atomic mass is 127. The van der Waals surface area contributed by atoms with Gasteiger partial charge in [0.25, 0.3) is 0 Å². The molecule has 0 atom stereocenters. The lowest BCUT2D eigenvalue weighted by atomic mass is 10.4. The summed E-state index contributed by atoms with van der Waals surface area (Å²) < 4.78 is 1.14. The number of aryl methyl sites for hydroxylation is 1. The molecule has 1 fully saturated rings. The van der Waals surface area contributed by atoms with Crippen LogP contribution in [0.2, 0.25) is 0 Å². The van der Waals surface area contributed by atoms with Crippen LogP contribution in [0.3, 0.4) is 0 Å². The molecule has 0 aromatic carbocycles. The minimum Gasteiger partial charge on any atom is -0.369 e. The second kappa shape index (κ2) is 3.77. The van der Waals surface area contributed by atoms with Gasteiger partial charge in [0.1, 0.15) is 12.1 Å². The van der Waals surface area contributed by atoms with Crippen LogP contribution in [-0.2, 0) is 0 Å². The number of hydrogen-bond donors (Lipinski definition) is 1. The summed E-state index contributed by atoms with van der Waals surface area (Å²) in [6, 6.07) is 0. The summed E-state index contributed by atoms with van der Waals surface area (Å²) in [4.78, 5) is 8.33. The van der Waals surface area contributed by atoms with Crippen molar-refractivity contribution in [3.8, 4) is 0 Å². The van der Waals surface area contributed by atoms with Gasteiger partial charge in [0.2, 0.25) is 0 Å². The average molecular weight is 289 g/mol. The molecular weight excluding hydrogens is 277 g/mol. The molecule has 0 aliphatic heterocycles. The van der Waals surface area contributed by atoms with Crippen LogP contribution >= 0.6 is 22.6 Å². The average Bonchev–Trinajstić information content (AvgIpc) is 2.91. The van der Waals surface area contributed by atoms with Crippen LogP contribution in [0.5, 0.6) is 0 Å². The van der Waals surface area contributed by atoms with E-state index in [0.29, 0.717) is 0 Å². The van der Waals surface area contributed by atoms with Crippen molar-refractivity contribution in [1.29, 1.82) is 0 Å². The van der Waals surface area contributed by atoms with E-state index in [1.54, 1.807) is 6.33 Å². The Hall–Kier alpha value is -0.390. The predicted molar refractivity (Wildman–Crippen MR) is 60.7 cm³/mol. The molecule has 1 saturated carbocycles. The SMILES string of the molecule is Cc1ncnc(NCC2CC2)c1I. The number of aromatic nitrogens is 2. The van der Waals surface area contributed by atoms with E-state index >= 15 is 0 Å². The molecule has 2 rings (SSSR count). The van der Waals surface area contributed by atoms with Gasteiger partial charge in [0, 0.05) is 6.54 Å². The third-order valence-electron chi connectivity index (χ3n) is 2.22. The summed E-state index contributed by atoms with van der Waals surface area (Å²) in [5.74, 6) is 1.87. The second-order valence-electron chi connectivity index (χ2n) is 3.45. The third-order valence-corrected chi connectivity index (χ3v) is 3.51. The molecule has 1 aromatic rings. The van der Waals surface area contributed by atoms with E-state index in [1.807, 2.05) is 6.92 Å². The first-order chi connectivity index (χ1) is 6.27. The fourth-order valence-corrected chi connectivity index (χ4v) is 1.61. The van der Waals surface area contributed by atoms with Crippen LogP contribution in [0.25, 0.3) is 0 Å². The third kappa shape index (κ3) is 2.30. The van der Waals surface area contributed by atoms with Crippen molar-refractivity contribution in [2.75, 3.05) is 11.9 Å². The largest absolute Gasteiger partial charge is 0.369 e. The van der Waals surface area contributed by atoms with Gasteiger partial charge in [0.05, 0.1) is 9.26 Å². The zero-order chi connectivity index (χ0) is 9.26. The van der Waals surface area contributed by atoms with Gasteiger partial charge in [-0.25, -0.2) is 9.97 Å². The maximum absolute atomic E-state index is 4.21. The number of rotatable bonds is 3. The molecule has 0 spiro atoms. The summed E-state index contributed by atoms with van der Waals surface area (Å²) in [6.45, 7) is 3.07. The van der Waals surface area contributed by atoms with Crippen LogP contribution in [-0.4, -0.2) is 16.5 Å². The lowest BCUT2D eigenvalue weighted by molar-refractivity contribution is 0.877. The minimum absolute atomic E-state index is 0.881.